The lowest BCUT2D eigenvalue weighted by Gasteiger charge is -2.15. The summed E-state index contributed by atoms with van der Waals surface area (Å²) in [6.45, 7) is 1.53. The Labute approximate surface area is 159 Å². The molecule has 0 radical (unpaired) electrons. The molecule has 2 N–H and O–H groups in total. The first-order valence-corrected chi connectivity index (χ1v) is 9.96. The van der Waals surface area contributed by atoms with Crippen LogP contribution in [0.1, 0.15) is 24.9 Å². The summed E-state index contributed by atoms with van der Waals surface area (Å²) >= 11 is 3.22. The van der Waals surface area contributed by atoms with Gasteiger partial charge in [-0.2, -0.15) is 0 Å². The molecule has 0 aromatic heterocycles. The number of rotatable bonds is 7. The van der Waals surface area contributed by atoms with E-state index in [0.717, 1.165) is 16.6 Å². The minimum Gasteiger partial charge on any atom is -0.350 e. The normalized spacial score (nSPS) is 12.6. The highest BCUT2D eigenvalue weighted by Crippen LogP contribution is 2.16. The van der Waals surface area contributed by atoms with Crippen molar-refractivity contribution in [1.82, 2.24) is 10.0 Å². The summed E-state index contributed by atoms with van der Waals surface area (Å²) in [5, 5.41) is 2.61. The number of halogens is 3. The molecule has 1 unspecified atom stereocenters. The van der Waals surface area contributed by atoms with E-state index < -0.39 is 33.6 Å². The fourth-order valence-corrected chi connectivity index (χ4v) is 3.47. The fourth-order valence-electron chi connectivity index (χ4n) is 2.17. The van der Waals surface area contributed by atoms with Gasteiger partial charge < -0.3 is 5.32 Å². The minimum absolute atomic E-state index is 0.0886. The zero-order valence-electron chi connectivity index (χ0n) is 13.8. The van der Waals surface area contributed by atoms with E-state index in [4.69, 9.17) is 0 Å². The highest BCUT2D eigenvalue weighted by molar-refractivity contribution is 9.10. The van der Waals surface area contributed by atoms with Crippen molar-refractivity contribution in [2.45, 2.75) is 24.3 Å². The molecule has 0 saturated heterocycles. The molecule has 0 aliphatic carbocycles. The average Bonchev–Trinajstić information content (AvgIpc) is 2.57. The first-order valence-electron chi connectivity index (χ1n) is 7.68. The average molecular weight is 447 g/mol. The lowest BCUT2D eigenvalue weighted by Crippen LogP contribution is -2.32. The van der Waals surface area contributed by atoms with Gasteiger partial charge in [0.1, 0.15) is 0 Å². The molecule has 1 atom stereocenters. The summed E-state index contributed by atoms with van der Waals surface area (Å²) in [6.07, 6.45) is -0.0935. The van der Waals surface area contributed by atoms with Crippen molar-refractivity contribution in [2.24, 2.45) is 0 Å². The van der Waals surface area contributed by atoms with Gasteiger partial charge in [0.25, 0.3) is 0 Å². The quantitative estimate of drug-likeness (QED) is 0.685. The van der Waals surface area contributed by atoms with Crippen LogP contribution in [0.3, 0.4) is 0 Å². The molecule has 0 bridgehead atoms. The molecular weight excluding hydrogens is 430 g/mol. The van der Waals surface area contributed by atoms with Crippen LogP contribution in [0.15, 0.2) is 51.8 Å². The largest absolute Gasteiger partial charge is 0.350 e. The molecule has 0 aliphatic rings. The second kappa shape index (κ2) is 8.70. The van der Waals surface area contributed by atoms with E-state index in [1.54, 1.807) is 19.1 Å². The Kier molecular flexibility index (Phi) is 6.85. The molecule has 2 aromatic rings. The molecular formula is C17H17BrF2N2O3S. The third kappa shape index (κ3) is 5.58. The van der Waals surface area contributed by atoms with Crippen molar-refractivity contribution in [3.63, 3.8) is 0 Å². The van der Waals surface area contributed by atoms with E-state index in [-0.39, 0.29) is 17.9 Å². The van der Waals surface area contributed by atoms with Gasteiger partial charge in [-0.3, -0.25) is 4.79 Å². The number of benzene rings is 2. The third-order valence-corrected chi connectivity index (χ3v) is 5.59. The van der Waals surface area contributed by atoms with Crippen molar-refractivity contribution >= 4 is 31.9 Å². The molecule has 5 nitrogen and oxygen atoms in total. The number of nitrogens with one attached hydrogen (secondary N) is 2. The summed E-state index contributed by atoms with van der Waals surface area (Å²) in [5.41, 5.74) is 0.410. The standard InChI is InChI=1S/C17H17BrF2N2O3S/c1-11(12-2-7-15(19)16(20)10-12)22-17(23)8-9-21-26(24,25)14-5-3-13(18)4-6-14/h2-7,10-11,21H,8-9H2,1H3,(H,22,23). The number of sulfonamides is 1. The predicted octanol–water partition coefficient (Wildman–Crippen LogP) is 3.27. The van der Waals surface area contributed by atoms with Gasteiger partial charge in [0, 0.05) is 17.4 Å². The highest BCUT2D eigenvalue weighted by atomic mass is 79.9. The molecule has 0 aliphatic heterocycles. The Bertz CT molecular complexity index is 889. The van der Waals surface area contributed by atoms with Crippen LogP contribution in [-0.2, 0) is 14.8 Å². The van der Waals surface area contributed by atoms with E-state index in [0.29, 0.717) is 5.56 Å². The van der Waals surface area contributed by atoms with E-state index in [2.05, 4.69) is 26.0 Å². The van der Waals surface area contributed by atoms with E-state index in [1.807, 2.05) is 0 Å². The second-order valence-corrected chi connectivity index (χ2v) is 8.25. The Morgan fingerprint density at radius 2 is 1.77 bits per heavy atom. The van der Waals surface area contributed by atoms with Gasteiger partial charge in [0.05, 0.1) is 10.9 Å². The molecule has 0 heterocycles. The van der Waals surface area contributed by atoms with Crippen LogP contribution in [0.25, 0.3) is 0 Å². The summed E-state index contributed by atoms with van der Waals surface area (Å²) in [6, 6.07) is 8.92. The maximum Gasteiger partial charge on any atom is 0.240 e. The van der Waals surface area contributed by atoms with Gasteiger partial charge in [-0.05, 0) is 48.9 Å². The number of carbonyl (C=O) groups excluding carboxylic acids is 1. The molecule has 26 heavy (non-hydrogen) atoms. The van der Waals surface area contributed by atoms with Gasteiger partial charge in [0.2, 0.25) is 15.9 Å². The molecule has 0 saturated carbocycles. The zero-order valence-corrected chi connectivity index (χ0v) is 16.2. The SMILES string of the molecule is CC(NC(=O)CCNS(=O)(=O)c1ccc(Br)cc1)c1ccc(F)c(F)c1. The van der Waals surface area contributed by atoms with Crippen LogP contribution in [-0.4, -0.2) is 20.9 Å². The van der Waals surface area contributed by atoms with Gasteiger partial charge >= 0.3 is 0 Å². The van der Waals surface area contributed by atoms with E-state index in [9.17, 15) is 22.0 Å². The Morgan fingerprint density at radius 3 is 2.38 bits per heavy atom. The van der Waals surface area contributed by atoms with Crippen LogP contribution in [0.2, 0.25) is 0 Å². The summed E-state index contributed by atoms with van der Waals surface area (Å²) < 4.78 is 53.5. The van der Waals surface area contributed by atoms with Crippen molar-refractivity contribution in [2.75, 3.05) is 6.54 Å². The number of hydrogen-bond acceptors (Lipinski definition) is 3. The fraction of sp³-hybridized carbons (Fsp3) is 0.235. The summed E-state index contributed by atoms with van der Waals surface area (Å²) in [5.74, 6) is -2.37. The van der Waals surface area contributed by atoms with Gasteiger partial charge in [0.15, 0.2) is 11.6 Å². The first-order chi connectivity index (χ1) is 12.2. The highest BCUT2D eigenvalue weighted by Gasteiger charge is 2.15. The summed E-state index contributed by atoms with van der Waals surface area (Å²) in [4.78, 5) is 12.0. The molecule has 2 aromatic carbocycles. The van der Waals surface area contributed by atoms with E-state index in [1.165, 1.54) is 18.2 Å². The molecule has 2 rings (SSSR count). The Morgan fingerprint density at radius 1 is 1.12 bits per heavy atom. The number of hydrogen-bond donors (Lipinski definition) is 2. The third-order valence-electron chi connectivity index (χ3n) is 3.59. The molecule has 140 valence electrons. The molecule has 0 spiro atoms. The van der Waals surface area contributed by atoms with Crippen LogP contribution in [0.5, 0.6) is 0 Å². The van der Waals surface area contributed by atoms with Gasteiger partial charge in [-0.15, -0.1) is 0 Å². The van der Waals surface area contributed by atoms with Crippen molar-refractivity contribution in [1.29, 1.82) is 0 Å². The maximum absolute atomic E-state index is 13.2. The van der Waals surface area contributed by atoms with Gasteiger partial charge in [-0.1, -0.05) is 22.0 Å². The minimum atomic E-state index is -3.71. The van der Waals surface area contributed by atoms with Crippen LogP contribution >= 0.6 is 15.9 Å². The predicted molar refractivity (Wildman–Crippen MR) is 96.9 cm³/mol. The lowest BCUT2D eigenvalue weighted by molar-refractivity contribution is -0.121. The van der Waals surface area contributed by atoms with Crippen molar-refractivity contribution < 1.29 is 22.0 Å². The van der Waals surface area contributed by atoms with E-state index >= 15 is 0 Å². The Balaban J connectivity index is 1.86. The van der Waals surface area contributed by atoms with Crippen molar-refractivity contribution in [3.05, 3.63) is 64.1 Å². The van der Waals surface area contributed by atoms with Gasteiger partial charge in [-0.25, -0.2) is 21.9 Å². The zero-order chi connectivity index (χ0) is 19.3. The monoisotopic (exact) mass is 446 g/mol. The van der Waals surface area contributed by atoms with Crippen LogP contribution < -0.4 is 10.0 Å². The van der Waals surface area contributed by atoms with Crippen LogP contribution in [0.4, 0.5) is 8.78 Å². The molecule has 0 fully saturated rings. The lowest BCUT2D eigenvalue weighted by atomic mass is 10.1. The summed E-state index contributed by atoms with van der Waals surface area (Å²) in [7, 11) is -3.71. The number of amides is 1. The molecule has 1 amide bonds. The smallest absolute Gasteiger partial charge is 0.240 e. The van der Waals surface area contributed by atoms with Crippen molar-refractivity contribution in [3.8, 4) is 0 Å². The first kappa shape index (κ1) is 20.5. The second-order valence-electron chi connectivity index (χ2n) is 5.56. The Hall–Kier alpha value is -1.84. The molecule has 9 heteroatoms. The topological polar surface area (TPSA) is 75.3 Å². The maximum atomic E-state index is 13.2. The number of carbonyl (C=O) groups is 1. The van der Waals surface area contributed by atoms with Crippen LogP contribution in [0, 0.1) is 11.6 Å².